The summed E-state index contributed by atoms with van der Waals surface area (Å²) in [6, 6.07) is 56.4. The van der Waals surface area contributed by atoms with Gasteiger partial charge in [0.05, 0.1) is 25.5 Å². The van der Waals surface area contributed by atoms with Gasteiger partial charge in [0, 0.05) is 54.3 Å². The molecule has 0 saturated heterocycles. The predicted octanol–water partition coefficient (Wildman–Crippen LogP) is 16.5. The summed E-state index contributed by atoms with van der Waals surface area (Å²) >= 11 is 7.21. The van der Waals surface area contributed by atoms with Crippen LogP contribution < -0.4 is 0 Å². The Bertz CT molecular complexity index is 3370. The molecule has 0 spiro atoms. The van der Waals surface area contributed by atoms with Gasteiger partial charge in [0.2, 0.25) is 0 Å². The maximum atomic E-state index is 11.9. The molecular weight excluding hydrogens is 954 g/mol. The number of aromatic amines is 1. The summed E-state index contributed by atoms with van der Waals surface area (Å²) in [6.45, 7) is 0. The molecule has 0 saturated carbocycles. The molecule has 0 radical (unpaired) electrons. The minimum absolute atomic E-state index is 0. The van der Waals surface area contributed by atoms with Gasteiger partial charge in [-0.1, -0.05) is 117 Å². The average molecular weight is 989 g/mol. The van der Waals surface area contributed by atoms with Gasteiger partial charge < -0.3 is 18.4 Å². The number of fused-ring (bicyclic) bond motifs is 14. The molecule has 0 atom stereocenters. The fraction of sp³-hybridized carbons (Fsp3) is 0.0204. The Morgan fingerprint density at radius 3 is 1.58 bits per heavy atom. The number of para-hydroxylation sites is 5. The van der Waals surface area contributed by atoms with Crippen molar-refractivity contribution in [1.29, 1.82) is 0 Å². The van der Waals surface area contributed by atoms with Crippen LogP contribution in [-0.2, 0) is 0 Å². The zero-order valence-electron chi connectivity index (χ0n) is 29.5. The van der Waals surface area contributed by atoms with Crippen LogP contribution in [0, 0.1) is 5.82 Å². The number of hydrogen-bond acceptors (Lipinski definition) is 2. The van der Waals surface area contributed by atoms with E-state index in [-0.39, 0.29) is 37.2 Å². The highest BCUT2D eigenvalue weighted by Crippen LogP contribution is 2.42. The van der Waals surface area contributed by atoms with Gasteiger partial charge in [-0.2, -0.15) is 0 Å². The lowest BCUT2D eigenvalue weighted by molar-refractivity contribution is 0.628. The molecule has 0 fully saturated rings. The molecule has 1 N–H and O–H groups in total. The van der Waals surface area contributed by atoms with E-state index in [4.69, 9.17) is 8.83 Å². The standard InChI is InChI=1S/C24H14BrNO.C18H10BrNO.C6H5F.CH4.HI/c25-20-11-6-10-18-19-14-13-17-16-9-4-5-12-21(16)26(15-7-2-1-3-8-15)22(17)24(19)27-23(18)20;19-14-6-3-5-12-13-9-8-11-10-4-1-2-7-15(10)20-16(11)18(13)21-17(12)14;7-6-4-2-1-3-5-6;;/h1-14H;1-9,20H;1-5H;1H4;1H. The van der Waals surface area contributed by atoms with Crippen molar-refractivity contribution in [1.82, 2.24) is 9.55 Å². The third-order valence-corrected chi connectivity index (χ3v) is 11.3. The van der Waals surface area contributed by atoms with Gasteiger partial charge in [-0.05, 0) is 92.5 Å². The topological polar surface area (TPSA) is 47.0 Å². The molecule has 8 heteroatoms. The second-order valence-electron chi connectivity index (χ2n) is 13.3. The van der Waals surface area contributed by atoms with Crippen molar-refractivity contribution in [2.75, 3.05) is 0 Å². The van der Waals surface area contributed by atoms with E-state index in [1.165, 1.54) is 39.2 Å². The molecule has 0 aliphatic carbocycles. The summed E-state index contributed by atoms with van der Waals surface area (Å²) in [7, 11) is 0. The Morgan fingerprint density at radius 1 is 0.439 bits per heavy atom. The average Bonchev–Trinajstić information content (AvgIpc) is 3.99. The van der Waals surface area contributed by atoms with E-state index in [1.807, 2.05) is 30.3 Å². The summed E-state index contributed by atoms with van der Waals surface area (Å²) in [6.07, 6.45) is 0. The zero-order chi connectivity index (χ0) is 37.0. The fourth-order valence-corrected chi connectivity index (χ4v) is 8.56. The van der Waals surface area contributed by atoms with E-state index in [9.17, 15) is 4.39 Å². The minimum atomic E-state index is -0.178. The van der Waals surface area contributed by atoms with Crippen LogP contribution in [0.25, 0.3) is 93.2 Å². The van der Waals surface area contributed by atoms with Gasteiger partial charge in [0.15, 0.2) is 11.2 Å². The molecule has 8 aromatic carbocycles. The van der Waals surface area contributed by atoms with Gasteiger partial charge in [-0.15, -0.1) is 24.0 Å². The summed E-state index contributed by atoms with van der Waals surface area (Å²) < 4.78 is 28.7. The van der Waals surface area contributed by atoms with Crippen molar-refractivity contribution in [3.63, 3.8) is 0 Å². The minimum Gasteiger partial charge on any atom is -0.453 e. The molecule has 280 valence electrons. The number of nitrogens with zero attached hydrogens (tertiary/aromatic N) is 1. The summed E-state index contributed by atoms with van der Waals surface area (Å²) in [5.74, 6) is -0.178. The Morgan fingerprint density at radius 2 is 0.930 bits per heavy atom. The quantitative estimate of drug-likeness (QED) is 0.167. The number of rotatable bonds is 1. The molecule has 57 heavy (non-hydrogen) atoms. The third-order valence-electron chi connectivity index (χ3n) is 10.1. The van der Waals surface area contributed by atoms with E-state index in [1.54, 1.807) is 18.2 Å². The van der Waals surface area contributed by atoms with Crippen molar-refractivity contribution in [2.45, 2.75) is 7.43 Å². The molecule has 12 aromatic rings. The molecule has 0 aliphatic rings. The van der Waals surface area contributed by atoms with Crippen LogP contribution in [0.4, 0.5) is 4.39 Å². The molecule has 4 aromatic heterocycles. The first-order valence-corrected chi connectivity index (χ1v) is 19.4. The Kier molecular flexibility index (Phi) is 10.7. The third kappa shape index (κ3) is 6.59. The van der Waals surface area contributed by atoms with Gasteiger partial charge in [-0.3, -0.25) is 0 Å². The summed E-state index contributed by atoms with van der Waals surface area (Å²) in [5.41, 5.74) is 9.28. The molecule has 0 aliphatic heterocycles. The van der Waals surface area contributed by atoms with Crippen molar-refractivity contribution < 1.29 is 13.2 Å². The number of furan rings is 2. The number of aromatic nitrogens is 2. The molecular formula is C49H34Br2FIN2O2. The molecule has 4 nitrogen and oxygen atoms in total. The highest BCUT2D eigenvalue weighted by Gasteiger charge is 2.19. The van der Waals surface area contributed by atoms with Crippen LogP contribution in [0.15, 0.2) is 188 Å². The van der Waals surface area contributed by atoms with Crippen molar-refractivity contribution in [3.8, 4) is 5.69 Å². The van der Waals surface area contributed by atoms with Crippen molar-refractivity contribution >= 4 is 143 Å². The first-order valence-electron chi connectivity index (χ1n) is 17.8. The molecule has 0 bridgehead atoms. The number of nitrogens with one attached hydrogen (secondary N) is 1. The van der Waals surface area contributed by atoms with E-state index < -0.39 is 0 Å². The zero-order valence-corrected chi connectivity index (χ0v) is 35.0. The summed E-state index contributed by atoms with van der Waals surface area (Å²) in [4.78, 5) is 3.49. The van der Waals surface area contributed by atoms with E-state index in [2.05, 4.69) is 151 Å². The highest BCUT2D eigenvalue weighted by molar-refractivity contribution is 14.0. The van der Waals surface area contributed by atoms with Crippen LogP contribution in [0.1, 0.15) is 7.43 Å². The fourth-order valence-electron chi connectivity index (χ4n) is 7.67. The SMILES string of the molecule is Brc1cccc2c1oc1c2ccc2c3ccccc3[nH]c21.Brc1cccc2c1oc1c2ccc2c3ccccc3n(-c3ccccc3)c21.C.Fc1ccccc1.I. The Hall–Kier alpha value is -5.42. The van der Waals surface area contributed by atoms with E-state index >= 15 is 0 Å². The lowest BCUT2D eigenvalue weighted by atomic mass is 10.1. The first kappa shape index (κ1) is 38.5. The number of H-pyrrole nitrogens is 1. The Balaban J connectivity index is 0.000000135. The largest absolute Gasteiger partial charge is 0.453 e. The van der Waals surface area contributed by atoms with Gasteiger partial charge in [0.1, 0.15) is 17.0 Å². The molecule has 0 unspecified atom stereocenters. The van der Waals surface area contributed by atoms with Crippen LogP contribution in [0.2, 0.25) is 0 Å². The van der Waals surface area contributed by atoms with Gasteiger partial charge in [0.25, 0.3) is 0 Å². The number of halogens is 4. The highest BCUT2D eigenvalue weighted by atomic mass is 127. The lowest BCUT2D eigenvalue weighted by Crippen LogP contribution is -1.93. The molecule has 4 heterocycles. The summed E-state index contributed by atoms with van der Waals surface area (Å²) in [5, 5.41) is 9.42. The molecule has 12 rings (SSSR count). The maximum absolute atomic E-state index is 11.9. The molecule has 0 amide bonds. The lowest BCUT2D eigenvalue weighted by Gasteiger charge is -2.07. The second kappa shape index (κ2) is 15.8. The van der Waals surface area contributed by atoms with Gasteiger partial charge in [-0.25, -0.2) is 4.39 Å². The Labute approximate surface area is 361 Å². The number of hydrogen-bond donors (Lipinski definition) is 1. The smallest absolute Gasteiger partial charge is 0.160 e. The van der Waals surface area contributed by atoms with Crippen LogP contribution in [0.5, 0.6) is 0 Å². The van der Waals surface area contributed by atoms with Gasteiger partial charge >= 0.3 is 0 Å². The van der Waals surface area contributed by atoms with E-state index in [0.717, 1.165) is 75.1 Å². The van der Waals surface area contributed by atoms with Crippen molar-refractivity contribution in [3.05, 3.63) is 185 Å². The van der Waals surface area contributed by atoms with Crippen molar-refractivity contribution in [2.24, 2.45) is 0 Å². The number of benzene rings is 8. The van der Waals surface area contributed by atoms with E-state index in [0.29, 0.717) is 0 Å². The normalized spacial score (nSPS) is 11.1. The first-order chi connectivity index (χ1) is 27.0. The van der Waals surface area contributed by atoms with Crippen LogP contribution in [0.3, 0.4) is 0 Å². The maximum Gasteiger partial charge on any atom is 0.160 e. The monoisotopic (exact) mass is 986 g/mol. The van der Waals surface area contributed by atoms with Crippen LogP contribution in [-0.4, -0.2) is 9.55 Å². The predicted molar refractivity (Wildman–Crippen MR) is 255 cm³/mol. The van der Waals surface area contributed by atoms with Crippen LogP contribution >= 0.6 is 55.8 Å². The second-order valence-corrected chi connectivity index (χ2v) is 15.0.